The zero-order valence-corrected chi connectivity index (χ0v) is 13.5. The first-order valence-electron chi connectivity index (χ1n) is 7.47. The van der Waals surface area contributed by atoms with Crippen LogP contribution < -0.4 is 0 Å². The van der Waals surface area contributed by atoms with E-state index in [4.69, 9.17) is 0 Å². The van der Waals surface area contributed by atoms with Gasteiger partial charge in [0.15, 0.2) is 0 Å². The molecule has 3 aromatic rings. The maximum Gasteiger partial charge on any atom is 0.266 e. The van der Waals surface area contributed by atoms with Crippen LogP contribution in [0, 0.1) is 0 Å². The van der Waals surface area contributed by atoms with Gasteiger partial charge in [-0.15, -0.1) is 11.3 Å². The molecule has 8 heteroatoms. The van der Waals surface area contributed by atoms with Gasteiger partial charge in [-0.25, -0.2) is 4.98 Å². The van der Waals surface area contributed by atoms with Gasteiger partial charge in [0.25, 0.3) is 5.91 Å². The first-order chi connectivity index (χ1) is 11.2. The van der Waals surface area contributed by atoms with Crippen LogP contribution in [0.1, 0.15) is 34.2 Å². The number of hydrogen-bond acceptors (Lipinski definition) is 5. The van der Waals surface area contributed by atoms with E-state index >= 15 is 0 Å². The lowest BCUT2D eigenvalue weighted by Gasteiger charge is -2.22. The van der Waals surface area contributed by atoms with Crippen LogP contribution in [0.2, 0.25) is 0 Å². The number of carbonyl (C=O) groups is 1. The molecule has 0 radical (unpaired) electrons. The number of H-pyrrole nitrogens is 1. The zero-order chi connectivity index (χ0) is 15.8. The summed E-state index contributed by atoms with van der Waals surface area (Å²) >= 11 is 1.41. The van der Waals surface area contributed by atoms with Crippen molar-refractivity contribution in [3.05, 3.63) is 41.4 Å². The number of thiazole rings is 1. The predicted octanol–water partition coefficient (Wildman–Crippen LogP) is 2.24. The molecule has 1 unspecified atom stereocenters. The summed E-state index contributed by atoms with van der Waals surface area (Å²) in [6, 6.07) is 2.01. The molecule has 7 nitrogen and oxygen atoms in total. The van der Waals surface area contributed by atoms with Gasteiger partial charge in [0.1, 0.15) is 9.88 Å². The molecule has 4 heterocycles. The van der Waals surface area contributed by atoms with Crippen LogP contribution >= 0.6 is 11.3 Å². The van der Waals surface area contributed by atoms with Crippen LogP contribution in [-0.4, -0.2) is 42.3 Å². The molecule has 1 saturated heterocycles. The molecule has 3 aromatic heterocycles. The summed E-state index contributed by atoms with van der Waals surface area (Å²) in [4.78, 5) is 19.8. The summed E-state index contributed by atoms with van der Waals surface area (Å²) < 4.78 is 1.73. The highest BCUT2D eigenvalue weighted by atomic mass is 32.1. The molecule has 4 rings (SSSR count). The normalized spacial score (nSPS) is 17.8. The Kier molecular flexibility index (Phi) is 3.45. The number of hydrogen-bond donors (Lipinski definition) is 1. The van der Waals surface area contributed by atoms with E-state index in [1.807, 2.05) is 24.2 Å². The molecule has 0 aliphatic carbocycles. The minimum absolute atomic E-state index is 0.0368. The second kappa shape index (κ2) is 5.62. The Morgan fingerprint density at radius 1 is 1.43 bits per heavy atom. The van der Waals surface area contributed by atoms with E-state index in [0.717, 1.165) is 35.7 Å². The molecule has 0 aromatic carbocycles. The van der Waals surface area contributed by atoms with Gasteiger partial charge in [-0.3, -0.25) is 14.6 Å². The smallest absolute Gasteiger partial charge is 0.266 e. The molecule has 1 fully saturated rings. The fourth-order valence-electron chi connectivity index (χ4n) is 2.97. The minimum atomic E-state index is 0.0368. The predicted molar refractivity (Wildman–Crippen MR) is 85.9 cm³/mol. The Balaban J connectivity index is 1.58. The molecular formula is C15H16N6OS. The number of amides is 1. The summed E-state index contributed by atoms with van der Waals surface area (Å²) in [6.45, 7) is 0.767. The van der Waals surface area contributed by atoms with Crippen molar-refractivity contribution >= 4 is 17.2 Å². The minimum Gasteiger partial charge on any atom is -0.329 e. The van der Waals surface area contributed by atoms with Crippen LogP contribution in [0.25, 0.3) is 10.6 Å². The Hall–Kier alpha value is -2.48. The Bertz CT molecular complexity index is 821. The molecule has 23 heavy (non-hydrogen) atoms. The van der Waals surface area contributed by atoms with Crippen molar-refractivity contribution in [3.63, 3.8) is 0 Å². The summed E-state index contributed by atoms with van der Waals surface area (Å²) in [7, 11) is 1.86. The lowest BCUT2D eigenvalue weighted by atomic mass is 10.1. The van der Waals surface area contributed by atoms with E-state index in [2.05, 4.69) is 20.3 Å². The number of carbonyl (C=O) groups excluding carboxylic acids is 1. The maximum absolute atomic E-state index is 12.8. The number of nitrogens with one attached hydrogen (secondary N) is 1. The number of rotatable bonds is 3. The van der Waals surface area contributed by atoms with E-state index in [0.29, 0.717) is 4.88 Å². The van der Waals surface area contributed by atoms with Gasteiger partial charge in [-0.05, 0) is 18.9 Å². The van der Waals surface area contributed by atoms with E-state index in [1.54, 1.807) is 23.3 Å². The van der Waals surface area contributed by atoms with Crippen molar-refractivity contribution in [1.82, 2.24) is 29.9 Å². The highest BCUT2D eigenvalue weighted by molar-refractivity contribution is 7.16. The van der Waals surface area contributed by atoms with Gasteiger partial charge in [-0.2, -0.15) is 10.2 Å². The van der Waals surface area contributed by atoms with Crippen LogP contribution in [0.4, 0.5) is 0 Å². The van der Waals surface area contributed by atoms with Gasteiger partial charge in [0.2, 0.25) is 0 Å². The number of aromatic nitrogens is 5. The highest BCUT2D eigenvalue weighted by Gasteiger charge is 2.32. The largest absolute Gasteiger partial charge is 0.329 e. The van der Waals surface area contributed by atoms with Crippen LogP contribution in [0.15, 0.2) is 30.9 Å². The first-order valence-corrected chi connectivity index (χ1v) is 8.29. The second-order valence-electron chi connectivity index (χ2n) is 5.60. The molecule has 1 atom stereocenters. The van der Waals surface area contributed by atoms with Gasteiger partial charge in [0, 0.05) is 31.5 Å². The van der Waals surface area contributed by atoms with Gasteiger partial charge in [0.05, 0.1) is 24.1 Å². The second-order valence-corrected chi connectivity index (χ2v) is 6.63. The van der Waals surface area contributed by atoms with Crippen molar-refractivity contribution in [2.75, 3.05) is 6.54 Å². The monoisotopic (exact) mass is 328 g/mol. The van der Waals surface area contributed by atoms with E-state index < -0.39 is 0 Å². The van der Waals surface area contributed by atoms with Crippen molar-refractivity contribution in [2.45, 2.75) is 18.9 Å². The Morgan fingerprint density at radius 2 is 2.35 bits per heavy atom. The van der Waals surface area contributed by atoms with Crippen molar-refractivity contribution in [3.8, 4) is 10.6 Å². The van der Waals surface area contributed by atoms with Crippen molar-refractivity contribution < 1.29 is 4.79 Å². The van der Waals surface area contributed by atoms with Crippen molar-refractivity contribution in [1.29, 1.82) is 0 Å². The summed E-state index contributed by atoms with van der Waals surface area (Å²) in [6.07, 6.45) is 9.01. The number of aromatic amines is 1. The SMILES string of the molecule is Cn1cc(-c2ncc(C(=O)N3CCCC3c3ccn[nH]3)s2)cn1. The summed E-state index contributed by atoms with van der Waals surface area (Å²) in [5.41, 5.74) is 1.93. The molecular weight excluding hydrogens is 312 g/mol. The molecule has 118 valence electrons. The molecule has 1 aliphatic rings. The number of aryl methyl sites for hydroxylation is 1. The van der Waals surface area contributed by atoms with E-state index in [1.165, 1.54) is 11.3 Å². The third-order valence-corrected chi connectivity index (χ3v) is 5.10. The molecule has 1 N–H and O–H groups in total. The van der Waals surface area contributed by atoms with Crippen LogP contribution in [0.5, 0.6) is 0 Å². The fraction of sp³-hybridized carbons (Fsp3) is 0.333. The quantitative estimate of drug-likeness (QED) is 0.799. The van der Waals surface area contributed by atoms with Gasteiger partial charge >= 0.3 is 0 Å². The van der Waals surface area contributed by atoms with E-state index in [-0.39, 0.29) is 11.9 Å². The average molecular weight is 328 g/mol. The third-order valence-electron chi connectivity index (χ3n) is 4.06. The Morgan fingerprint density at radius 3 is 3.09 bits per heavy atom. The van der Waals surface area contributed by atoms with Gasteiger partial charge < -0.3 is 4.90 Å². The molecule has 1 aliphatic heterocycles. The van der Waals surface area contributed by atoms with Crippen LogP contribution in [-0.2, 0) is 7.05 Å². The number of nitrogens with zero attached hydrogens (tertiary/aromatic N) is 5. The molecule has 1 amide bonds. The molecule has 0 bridgehead atoms. The lowest BCUT2D eigenvalue weighted by Crippen LogP contribution is -2.30. The molecule has 0 spiro atoms. The topological polar surface area (TPSA) is 79.7 Å². The average Bonchev–Trinajstić information content (AvgIpc) is 3.31. The lowest BCUT2D eigenvalue weighted by molar-refractivity contribution is 0.0737. The van der Waals surface area contributed by atoms with E-state index in [9.17, 15) is 4.79 Å². The first kappa shape index (κ1) is 14.1. The van der Waals surface area contributed by atoms with Gasteiger partial charge in [-0.1, -0.05) is 0 Å². The molecule has 0 saturated carbocycles. The Labute approximate surface area is 137 Å². The number of likely N-dealkylation sites (tertiary alicyclic amines) is 1. The fourth-order valence-corrected chi connectivity index (χ4v) is 3.81. The maximum atomic E-state index is 12.8. The zero-order valence-electron chi connectivity index (χ0n) is 12.6. The standard InChI is InChI=1S/C15H16N6OS/c1-20-9-10(7-18-20)14-16-8-13(23-14)15(22)21-6-2-3-12(21)11-4-5-17-19-11/h4-5,7-9,12H,2-3,6H2,1H3,(H,17,19). The third kappa shape index (κ3) is 2.55. The highest BCUT2D eigenvalue weighted by Crippen LogP contribution is 2.33. The van der Waals surface area contributed by atoms with Crippen molar-refractivity contribution in [2.24, 2.45) is 7.05 Å². The summed E-state index contributed by atoms with van der Waals surface area (Å²) in [5.74, 6) is 0.0368. The summed E-state index contributed by atoms with van der Waals surface area (Å²) in [5, 5.41) is 11.9. The van der Waals surface area contributed by atoms with Crippen LogP contribution in [0.3, 0.4) is 0 Å².